The molecule has 1 amide bonds. The van der Waals surface area contributed by atoms with Crippen LogP contribution in [0, 0.1) is 6.92 Å². The van der Waals surface area contributed by atoms with Gasteiger partial charge in [0, 0.05) is 25.3 Å². The molecule has 1 atom stereocenters. The molecule has 6 nitrogen and oxygen atoms in total. The first-order valence-electron chi connectivity index (χ1n) is 10.9. The lowest BCUT2D eigenvalue weighted by Gasteiger charge is -2.24. The molecule has 8 heteroatoms. The molecule has 0 radical (unpaired) electrons. The molecule has 31 heavy (non-hydrogen) atoms. The van der Waals surface area contributed by atoms with Crippen molar-refractivity contribution in [2.45, 2.75) is 59.9 Å². The van der Waals surface area contributed by atoms with Crippen LogP contribution in [-0.4, -0.2) is 43.6 Å². The lowest BCUT2D eigenvalue weighted by atomic mass is 10.2. The highest BCUT2D eigenvalue weighted by Crippen LogP contribution is 2.35. The smallest absolute Gasteiger partial charge is 0.267 e. The summed E-state index contributed by atoms with van der Waals surface area (Å²) in [4.78, 5) is 35.8. The van der Waals surface area contributed by atoms with E-state index in [4.69, 9.17) is 17.2 Å². The zero-order valence-corrected chi connectivity index (χ0v) is 20.5. The van der Waals surface area contributed by atoms with E-state index in [2.05, 4.69) is 18.7 Å². The number of anilines is 1. The molecule has 1 unspecified atom stereocenters. The third kappa shape index (κ3) is 4.70. The largest absolute Gasteiger partial charge is 0.356 e. The maximum Gasteiger partial charge on any atom is 0.267 e. The average molecular weight is 459 g/mol. The van der Waals surface area contributed by atoms with Crippen LogP contribution >= 0.6 is 24.0 Å². The number of aryl methyl sites for hydroxylation is 1. The molecule has 0 aliphatic carbocycles. The summed E-state index contributed by atoms with van der Waals surface area (Å²) in [7, 11) is 0. The first-order chi connectivity index (χ1) is 14.8. The Morgan fingerprint density at radius 1 is 1.19 bits per heavy atom. The van der Waals surface area contributed by atoms with Crippen LogP contribution in [0.1, 0.15) is 58.1 Å². The van der Waals surface area contributed by atoms with E-state index < -0.39 is 0 Å². The molecule has 166 valence electrons. The summed E-state index contributed by atoms with van der Waals surface area (Å²) < 4.78 is 2.10. The van der Waals surface area contributed by atoms with Crippen molar-refractivity contribution in [3.63, 3.8) is 0 Å². The number of rotatable bonds is 8. The van der Waals surface area contributed by atoms with Gasteiger partial charge >= 0.3 is 0 Å². The molecule has 0 bridgehead atoms. The van der Waals surface area contributed by atoms with Crippen LogP contribution < -0.4 is 10.5 Å². The average Bonchev–Trinajstić information content (AvgIpc) is 3.02. The van der Waals surface area contributed by atoms with Crippen LogP contribution in [0.3, 0.4) is 0 Å². The van der Waals surface area contributed by atoms with Gasteiger partial charge in [-0.25, -0.2) is 4.98 Å². The van der Waals surface area contributed by atoms with Crippen molar-refractivity contribution >= 4 is 51.7 Å². The zero-order valence-electron chi connectivity index (χ0n) is 18.8. The molecule has 2 aromatic heterocycles. The number of amides is 1. The highest BCUT2D eigenvalue weighted by Gasteiger charge is 2.35. The van der Waals surface area contributed by atoms with Crippen LogP contribution in [0.4, 0.5) is 5.82 Å². The molecule has 0 spiro atoms. The third-order valence-electron chi connectivity index (χ3n) is 5.40. The Labute approximate surface area is 193 Å². The summed E-state index contributed by atoms with van der Waals surface area (Å²) in [6.45, 7) is 11.7. The minimum atomic E-state index is -0.172. The normalized spacial score (nSPS) is 16.5. The number of hydrogen-bond donors (Lipinski definition) is 0. The van der Waals surface area contributed by atoms with E-state index in [0.717, 1.165) is 37.9 Å². The van der Waals surface area contributed by atoms with Crippen molar-refractivity contribution in [3.8, 4) is 0 Å². The molecular weight excluding hydrogens is 428 g/mol. The first kappa shape index (κ1) is 23.5. The van der Waals surface area contributed by atoms with Crippen molar-refractivity contribution in [2.24, 2.45) is 0 Å². The summed E-state index contributed by atoms with van der Waals surface area (Å²) in [5.41, 5.74) is 1.84. The van der Waals surface area contributed by atoms with Gasteiger partial charge < -0.3 is 4.90 Å². The summed E-state index contributed by atoms with van der Waals surface area (Å²) in [5, 5.41) is 0. The van der Waals surface area contributed by atoms with Crippen molar-refractivity contribution in [2.75, 3.05) is 18.0 Å². The Hall–Kier alpha value is -2.19. The molecule has 1 fully saturated rings. The second-order valence-electron chi connectivity index (χ2n) is 7.88. The van der Waals surface area contributed by atoms with Crippen LogP contribution in [0.5, 0.6) is 0 Å². The van der Waals surface area contributed by atoms with Crippen molar-refractivity contribution < 1.29 is 4.79 Å². The monoisotopic (exact) mass is 458 g/mol. The summed E-state index contributed by atoms with van der Waals surface area (Å²) in [6, 6.07) is 3.84. The number of carbonyl (C=O) groups excluding carboxylic acids is 1. The number of thioether (sulfide) groups is 1. The van der Waals surface area contributed by atoms with E-state index in [1.807, 2.05) is 32.9 Å². The maximum absolute atomic E-state index is 13.5. The van der Waals surface area contributed by atoms with Crippen LogP contribution in [-0.2, 0) is 4.79 Å². The molecule has 3 heterocycles. The second kappa shape index (κ2) is 9.96. The molecule has 0 N–H and O–H groups in total. The predicted octanol–water partition coefficient (Wildman–Crippen LogP) is 4.63. The lowest BCUT2D eigenvalue weighted by Crippen LogP contribution is -2.36. The number of pyridine rings is 1. The summed E-state index contributed by atoms with van der Waals surface area (Å²) >= 11 is 6.72. The summed E-state index contributed by atoms with van der Waals surface area (Å²) in [6.07, 6.45) is 6.17. The maximum atomic E-state index is 13.5. The van der Waals surface area contributed by atoms with Crippen LogP contribution in [0.15, 0.2) is 28.0 Å². The minimum Gasteiger partial charge on any atom is -0.356 e. The molecule has 1 aliphatic heterocycles. The van der Waals surface area contributed by atoms with Gasteiger partial charge in [-0.05, 0) is 50.8 Å². The second-order valence-corrected chi connectivity index (χ2v) is 9.56. The van der Waals surface area contributed by atoms with Crippen molar-refractivity contribution in [1.82, 2.24) is 14.3 Å². The Morgan fingerprint density at radius 3 is 2.48 bits per heavy atom. The van der Waals surface area contributed by atoms with Gasteiger partial charge in [-0.1, -0.05) is 50.8 Å². The molecule has 3 rings (SSSR count). The molecule has 0 aromatic carbocycles. The standard InChI is InChI=1S/C23H30N4O2S2/c1-6-11-25(12-7-2)20-17(21(28)26-14-15(4)9-10-19(26)24-20)13-18-22(29)27(16(5)8-3)23(30)31-18/h9-10,13-14,16H,6-8,11-12H2,1-5H3. The van der Waals surface area contributed by atoms with Gasteiger partial charge in [0.25, 0.3) is 11.5 Å². The van der Waals surface area contributed by atoms with Gasteiger partial charge in [0.15, 0.2) is 0 Å². The minimum absolute atomic E-state index is 0.0213. The predicted molar refractivity (Wildman–Crippen MR) is 134 cm³/mol. The van der Waals surface area contributed by atoms with E-state index >= 15 is 0 Å². The summed E-state index contributed by atoms with van der Waals surface area (Å²) in [5.74, 6) is 0.493. The van der Waals surface area contributed by atoms with Crippen molar-refractivity contribution in [3.05, 3.63) is 44.7 Å². The Balaban J connectivity index is 2.22. The van der Waals surface area contributed by atoms with Crippen LogP contribution in [0.2, 0.25) is 0 Å². The number of nitrogens with zero attached hydrogens (tertiary/aromatic N) is 4. The molecular formula is C23H30N4O2S2. The topological polar surface area (TPSA) is 57.9 Å². The SMILES string of the molecule is CCCN(CCC)c1nc2ccc(C)cn2c(=O)c1C=C1SC(=S)N(C(C)CC)C1=O. The first-order valence-corrected chi connectivity index (χ1v) is 12.1. The molecule has 0 saturated carbocycles. The van der Waals surface area contributed by atoms with Gasteiger partial charge in [0.2, 0.25) is 0 Å². The Morgan fingerprint density at radius 2 is 1.87 bits per heavy atom. The Kier molecular flexibility index (Phi) is 7.54. The highest BCUT2D eigenvalue weighted by atomic mass is 32.2. The number of thiocarbonyl (C=S) groups is 1. The number of aromatic nitrogens is 2. The van der Waals surface area contributed by atoms with Gasteiger partial charge in [0.1, 0.15) is 15.8 Å². The third-order valence-corrected chi connectivity index (χ3v) is 6.73. The van der Waals surface area contributed by atoms with E-state index in [1.54, 1.807) is 21.6 Å². The highest BCUT2D eigenvalue weighted by molar-refractivity contribution is 8.26. The number of carbonyl (C=O) groups is 1. The molecule has 1 saturated heterocycles. The van der Waals surface area contributed by atoms with E-state index in [-0.39, 0.29) is 17.5 Å². The van der Waals surface area contributed by atoms with Gasteiger partial charge in [0.05, 0.1) is 10.5 Å². The van der Waals surface area contributed by atoms with E-state index in [1.165, 1.54) is 11.8 Å². The van der Waals surface area contributed by atoms with Crippen molar-refractivity contribution in [1.29, 1.82) is 0 Å². The van der Waals surface area contributed by atoms with Crippen LogP contribution in [0.25, 0.3) is 11.7 Å². The fraction of sp³-hybridized carbons (Fsp3) is 0.478. The van der Waals surface area contributed by atoms with Gasteiger partial charge in [-0.15, -0.1) is 0 Å². The number of hydrogen-bond acceptors (Lipinski definition) is 6. The molecule has 1 aliphatic rings. The number of fused-ring (bicyclic) bond motifs is 1. The van der Waals surface area contributed by atoms with Gasteiger partial charge in [-0.2, -0.15) is 0 Å². The molecule has 2 aromatic rings. The van der Waals surface area contributed by atoms with E-state index in [0.29, 0.717) is 26.3 Å². The van der Waals surface area contributed by atoms with Gasteiger partial charge in [-0.3, -0.25) is 18.9 Å². The quantitative estimate of drug-likeness (QED) is 0.425. The lowest BCUT2D eigenvalue weighted by molar-refractivity contribution is -0.123. The zero-order chi connectivity index (χ0) is 22.7. The fourth-order valence-corrected chi connectivity index (χ4v) is 5.10. The Bertz CT molecular complexity index is 1090. The van der Waals surface area contributed by atoms with E-state index in [9.17, 15) is 9.59 Å². The fourth-order valence-electron chi connectivity index (χ4n) is 3.65.